The van der Waals surface area contributed by atoms with Crippen LogP contribution in [0.3, 0.4) is 0 Å². The molecule has 4 heteroatoms. The van der Waals surface area contributed by atoms with E-state index in [1.807, 2.05) is 11.9 Å². The molecule has 0 saturated carbocycles. The van der Waals surface area contributed by atoms with E-state index in [0.717, 1.165) is 11.3 Å². The first-order chi connectivity index (χ1) is 8.61. The molecule has 1 aromatic heterocycles. The van der Waals surface area contributed by atoms with Crippen LogP contribution in [0.1, 0.15) is 16.7 Å². The molecule has 0 spiro atoms. The summed E-state index contributed by atoms with van der Waals surface area (Å²) >= 11 is 5.72. The number of rotatable bonds is 3. The summed E-state index contributed by atoms with van der Waals surface area (Å²) in [5, 5.41) is 0. The number of nitrogens with zero attached hydrogens (tertiary/aromatic N) is 3. The van der Waals surface area contributed by atoms with Crippen LogP contribution in [0.5, 0.6) is 0 Å². The van der Waals surface area contributed by atoms with E-state index >= 15 is 0 Å². The molecule has 0 aliphatic carbocycles. The molecule has 0 aliphatic rings. The summed E-state index contributed by atoms with van der Waals surface area (Å²) < 4.78 is 0. The van der Waals surface area contributed by atoms with Crippen molar-refractivity contribution in [2.75, 3.05) is 11.9 Å². The number of hydrogen-bond acceptors (Lipinski definition) is 3. The number of aryl methyl sites for hydroxylation is 2. The molecular formula is C14H16ClN3. The molecule has 0 saturated heterocycles. The largest absolute Gasteiger partial charge is 0.313 e. The fourth-order valence-corrected chi connectivity index (χ4v) is 2.02. The summed E-state index contributed by atoms with van der Waals surface area (Å²) in [6.07, 6.45) is 3.52. The van der Waals surface area contributed by atoms with Gasteiger partial charge < -0.3 is 4.90 Å². The van der Waals surface area contributed by atoms with Gasteiger partial charge in [0.15, 0.2) is 0 Å². The zero-order chi connectivity index (χ0) is 13.1. The molecule has 2 aromatic rings. The SMILES string of the molecule is Cc1ccc(N(C)c2ncc(CCl)cn2)c(C)c1. The third-order valence-corrected chi connectivity index (χ3v) is 3.17. The van der Waals surface area contributed by atoms with Gasteiger partial charge in [-0.2, -0.15) is 0 Å². The highest BCUT2D eigenvalue weighted by molar-refractivity contribution is 6.17. The van der Waals surface area contributed by atoms with Crippen molar-refractivity contribution in [1.29, 1.82) is 0 Å². The molecule has 0 unspecified atom stereocenters. The minimum absolute atomic E-state index is 0.438. The van der Waals surface area contributed by atoms with Crippen molar-refractivity contribution >= 4 is 23.2 Å². The maximum atomic E-state index is 5.72. The normalized spacial score (nSPS) is 10.4. The quantitative estimate of drug-likeness (QED) is 0.791. The predicted molar refractivity (Wildman–Crippen MR) is 75.6 cm³/mol. The number of benzene rings is 1. The molecular weight excluding hydrogens is 246 g/mol. The molecule has 94 valence electrons. The van der Waals surface area contributed by atoms with Crippen LogP contribution in [-0.2, 0) is 5.88 Å². The van der Waals surface area contributed by atoms with E-state index in [9.17, 15) is 0 Å². The summed E-state index contributed by atoms with van der Waals surface area (Å²) in [4.78, 5) is 10.6. The Balaban J connectivity index is 2.31. The third kappa shape index (κ3) is 2.62. The molecule has 0 radical (unpaired) electrons. The van der Waals surface area contributed by atoms with Crippen molar-refractivity contribution in [3.05, 3.63) is 47.3 Å². The second-order valence-corrected chi connectivity index (χ2v) is 4.64. The monoisotopic (exact) mass is 261 g/mol. The smallest absolute Gasteiger partial charge is 0.229 e. The number of aromatic nitrogens is 2. The van der Waals surface area contributed by atoms with E-state index in [1.165, 1.54) is 11.1 Å². The van der Waals surface area contributed by atoms with Gasteiger partial charge in [-0.05, 0) is 25.5 Å². The van der Waals surface area contributed by atoms with Gasteiger partial charge in [0.05, 0.1) is 5.88 Å². The minimum Gasteiger partial charge on any atom is -0.313 e. The fraction of sp³-hybridized carbons (Fsp3) is 0.286. The zero-order valence-electron chi connectivity index (χ0n) is 10.8. The van der Waals surface area contributed by atoms with Crippen LogP contribution in [0.2, 0.25) is 0 Å². The molecule has 1 heterocycles. The summed E-state index contributed by atoms with van der Waals surface area (Å²) in [5.41, 5.74) is 4.50. The molecule has 1 aromatic carbocycles. The van der Waals surface area contributed by atoms with Crippen LogP contribution in [-0.4, -0.2) is 17.0 Å². The van der Waals surface area contributed by atoms with Crippen molar-refractivity contribution in [2.45, 2.75) is 19.7 Å². The molecule has 2 rings (SSSR count). The van der Waals surface area contributed by atoms with Crippen LogP contribution in [0.15, 0.2) is 30.6 Å². The third-order valence-electron chi connectivity index (χ3n) is 2.86. The molecule has 0 fully saturated rings. The first-order valence-electron chi connectivity index (χ1n) is 5.79. The predicted octanol–water partition coefficient (Wildman–Crippen LogP) is 3.60. The highest BCUT2D eigenvalue weighted by Crippen LogP contribution is 2.24. The Bertz CT molecular complexity index is 537. The first kappa shape index (κ1) is 12.8. The van der Waals surface area contributed by atoms with Gasteiger partial charge in [-0.25, -0.2) is 9.97 Å². The summed E-state index contributed by atoms with van der Waals surface area (Å²) in [7, 11) is 1.97. The van der Waals surface area contributed by atoms with Gasteiger partial charge in [0.25, 0.3) is 0 Å². The van der Waals surface area contributed by atoms with Gasteiger partial charge in [0.2, 0.25) is 5.95 Å². The second-order valence-electron chi connectivity index (χ2n) is 4.37. The summed E-state index contributed by atoms with van der Waals surface area (Å²) in [6, 6.07) is 6.33. The van der Waals surface area contributed by atoms with Crippen LogP contribution >= 0.6 is 11.6 Å². The lowest BCUT2D eigenvalue weighted by molar-refractivity contribution is 1.02. The topological polar surface area (TPSA) is 29.0 Å². The Labute approximate surface area is 112 Å². The van der Waals surface area contributed by atoms with E-state index in [0.29, 0.717) is 11.8 Å². The van der Waals surface area contributed by atoms with Crippen LogP contribution in [0.25, 0.3) is 0 Å². The fourth-order valence-electron chi connectivity index (χ4n) is 1.88. The van der Waals surface area contributed by atoms with Gasteiger partial charge in [-0.15, -0.1) is 11.6 Å². The van der Waals surface area contributed by atoms with Crippen molar-refractivity contribution < 1.29 is 0 Å². The first-order valence-corrected chi connectivity index (χ1v) is 6.33. The molecule has 0 N–H and O–H groups in total. The number of anilines is 2. The Morgan fingerprint density at radius 2 is 1.83 bits per heavy atom. The zero-order valence-corrected chi connectivity index (χ0v) is 11.6. The van der Waals surface area contributed by atoms with Gasteiger partial charge in [0.1, 0.15) is 0 Å². The van der Waals surface area contributed by atoms with E-state index < -0.39 is 0 Å². The lowest BCUT2D eigenvalue weighted by Gasteiger charge is -2.19. The molecule has 0 amide bonds. The molecule has 18 heavy (non-hydrogen) atoms. The van der Waals surface area contributed by atoms with Gasteiger partial charge in [0, 0.05) is 30.7 Å². The summed E-state index contributed by atoms with van der Waals surface area (Å²) in [6.45, 7) is 4.18. The lowest BCUT2D eigenvalue weighted by atomic mass is 10.1. The molecule has 0 aliphatic heterocycles. The highest BCUT2D eigenvalue weighted by atomic mass is 35.5. The number of hydrogen-bond donors (Lipinski definition) is 0. The maximum Gasteiger partial charge on any atom is 0.229 e. The van der Waals surface area contributed by atoms with Crippen LogP contribution < -0.4 is 4.90 Å². The molecule has 0 bridgehead atoms. The Morgan fingerprint density at radius 1 is 1.17 bits per heavy atom. The van der Waals surface area contributed by atoms with Crippen LogP contribution in [0.4, 0.5) is 11.6 Å². The van der Waals surface area contributed by atoms with Crippen molar-refractivity contribution in [1.82, 2.24) is 9.97 Å². The molecule has 0 atom stereocenters. The van der Waals surface area contributed by atoms with Gasteiger partial charge in [-0.3, -0.25) is 0 Å². The van der Waals surface area contributed by atoms with E-state index in [2.05, 4.69) is 42.0 Å². The van der Waals surface area contributed by atoms with Crippen molar-refractivity contribution in [3.63, 3.8) is 0 Å². The average molecular weight is 262 g/mol. The Kier molecular flexibility index (Phi) is 3.82. The number of halogens is 1. The lowest BCUT2D eigenvalue weighted by Crippen LogP contribution is -2.14. The van der Waals surface area contributed by atoms with Crippen molar-refractivity contribution in [3.8, 4) is 0 Å². The Morgan fingerprint density at radius 3 is 2.39 bits per heavy atom. The van der Waals surface area contributed by atoms with Crippen molar-refractivity contribution in [2.24, 2.45) is 0 Å². The minimum atomic E-state index is 0.438. The number of alkyl halides is 1. The average Bonchev–Trinajstić information content (AvgIpc) is 2.38. The Hall–Kier alpha value is -1.61. The van der Waals surface area contributed by atoms with E-state index in [-0.39, 0.29) is 0 Å². The standard InChI is InChI=1S/C14H16ClN3/c1-10-4-5-13(11(2)6-10)18(3)14-16-8-12(7-15)9-17-14/h4-6,8-9H,7H2,1-3H3. The maximum absolute atomic E-state index is 5.72. The highest BCUT2D eigenvalue weighted by Gasteiger charge is 2.09. The summed E-state index contributed by atoms with van der Waals surface area (Å²) in [5.74, 6) is 1.11. The van der Waals surface area contributed by atoms with Crippen LogP contribution in [0, 0.1) is 13.8 Å². The van der Waals surface area contributed by atoms with Gasteiger partial charge >= 0.3 is 0 Å². The van der Waals surface area contributed by atoms with E-state index in [4.69, 9.17) is 11.6 Å². The van der Waals surface area contributed by atoms with E-state index in [1.54, 1.807) is 12.4 Å². The van der Waals surface area contributed by atoms with Gasteiger partial charge in [-0.1, -0.05) is 17.7 Å². The molecule has 3 nitrogen and oxygen atoms in total. The second kappa shape index (κ2) is 5.36.